The quantitative estimate of drug-likeness (QED) is 0.533. The average molecular weight is 208 g/mol. The third kappa shape index (κ3) is 0.863. The normalized spacial score (nSPS) is 70.2. The molecule has 0 amide bonds. The Morgan fingerprint density at radius 1 is 1.13 bits per heavy atom. The third-order valence-corrected chi connectivity index (χ3v) is 6.62. The molecular formula is C14H21F. The van der Waals surface area contributed by atoms with Crippen molar-refractivity contribution in [1.82, 2.24) is 0 Å². The lowest BCUT2D eigenvalue weighted by Gasteiger charge is -2.40. The molecule has 4 aliphatic carbocycles. The van der Waals surface area contributed by atoms with E-state index in [-0.39, 0.29) is 0 Å². The molecule has 0 aromatic heterocycles. The van der Waals surface area contributed by atoms with E-state index in [0.717, 1.165) is 41.9 Å². The lowest BCUT2D eigenvalue weighted by molar-refractivity contribution is 0.0150. The van der Waals surface area contributed by atoms with E-state index in [4.69, 9.17) is 0 Å². The summed E-state index contributed by atoms with van der Waals surface area (Å²) in [6.45, 7) is 4.32. The molecule has 84 valence electrons. The van der Waals surface area contributed by atoms with Gasteiger partial charge in [-0.15, -0.1) is 0 Å². The number of rotatable bonds is 0. The molecule has 0 saturated heterocycles. The molecule has 8 unspecified atom stereocenters. The Hall–Kier alpha value is -0.0700. The zero-order chi connectivity index (χ0) is 10.4. The first-order valence-corrected chi connectivity index (χ1v) is 6.78. The highest BCUT2D eigenvalue weighted by Crippen LogP contribution is 2.71. The zero-order valence-corrected chi connectivity index (χ0v) is 9.75. The molecule has 0 heterocycles. The van der Waals surface area contributed by atoms with Crippen molar-refractivity contribution in [3.05, 3.63) is 0 Å². The largest absolute Gasteiger partial charge is 0.244 e. The van der Waals surface area contributed by atoms with E-state index in [0.29, 0.717) is 5.92 Å². The molecule has 0 radical (unpaired) electrons. The molecular weight excluding hydrogens is 187 g/mol. The summed E-state index contributed by atoms with van der Waals surface area (Å²) in [4.78, 5) is 0. The van der Waals surface area contributed by atoms with Crippen molar-refractivity contribution in [1.29, 1.82) is 0 Å². The Morgan fingerprint density at radius 3 is 2.53 bits per heavy atom. The predicted molar refractivity (Wildman–Crippen MR) is 58.1 cm³/mol. The molecule has 0 aromatic carbocycles. The smallest absolute Gasteiger partial charge is 0.111 e. The Labute approximate surface area is 91.6 Å². The minimum absolute atomic E-state index is 0.435. The van der Waals surface area contributed by atoms with Gasteiger partial charge in [0, 0.05) is 0 Å². The molecule has 0 spiro atoms. The minimum Gasteiger partial charge on any atom is -0.244 e. The topological polar surface area (TPSA) is 0 Å². The fourth-order valence-electron chi connectivity index (χ4n) is 6.29. The number of hydrogen-bond donors (Lipinski definition) is 0. The second-order valence-corrected chi connectivity index (χ2v) is 7.00. The van der Waals surface area contributed by atoms with E-state index in [1.165, 1.54) is 19.3 Å². The number of alkyl halides is 1. The van der Waals surface area contributed by atoms with Gasteiger partial charge in [0.2, 0.25) is 0 Å². The van der Waals surface area contributed by atoms with Crippen molar-refractivity contribution in [3.8, 4) is 0 Å². The van der Waals surface area contributed by atoms with E-state index in [2.05, 4.69) is 6.92 Å². The monoisotopic (exact) mass is 208 g/mol. The maximum atomic E-state index is 14.4. The fourth-order valence-corrected chi connectivity index (χ4v) is 6.29. The molecule has 0 aliphatic heterocycles. The van der Waals surface area contributed by atoms with Crippen LogP contribution in [0.5, 0.6) is 0 Å². The summed E-state index contributed by atoms with van der Waals surface area (Å²) in [6.07, 6.45) is 4.97. The molecule has 15 heavy (non-hydrogen) atoms. The molecule has 0 nitrogen and oxygen atoms in total. The number of hydrogen-bond acceptors (Lipinski definition) is 0. The summed E-state index contributed by atoms with van der Waals surface area (Å²) in [5.41, 5.74) is -0.809. The van der Waals surface area contributed by atoms with Crippen molar-refractivity contribution < 1.29 is 4.39 Å². The molecule has 4 bridgehead atoms. The summed E-state index contributed by atoms with van der Waals surface area (Å²) in [5.74, 6) is 5.70. The van der Waals surface area contributed by atoms with E-state index < -0.39 is 5.67 Å². The summed E-state index contributed by atoms with van der Waals surface area (Å²) in [7, 11) is 0. The van der Waals surface area contributed by atoms with Gasteiger partial charge in [-0.3, -0.25) is 0 Å². The molecule has 4 fully saturated rings. The first kappa shape index (κ1) is 9.01. The Bertz CT molecular complexity index is 306. The third-order valence-electron chi connectivity index (χ3n) is 6.62. The van der Waals surface area contributed by atoms with Gasteiger partial charge in [0.15, 0.2) is 0 Å². The van der Waals surface area contributed by atoms with Gasteiger partial charge in [0.05, 0.1) is 0 Å². The SMILES string of the molecule is CC1C2CCC1C1C2C2CC1C(C)(F)C2. The van der Waals surface area contributed by atoms with E-state index in [1.54, 1.807) is 0 Å². The highest BCUT2D eigenvalue weighted by Gasteiger charge is 2.67. The maximum absolute atomic E-state index is 14.4. The van der Waals surface area contributed by atoms with Gasteiger partial charge in [0.1, 0.15) is 5.67 Å². The van der Waals surface area contributed by atoms with Crippen molar-refractivity contribution >= 4 is 0 Å². The van der Waals surface area contributed by atoms with Crippen LogP contribution in [0.3, 0.4) is 0 Å². The molecule has 0 N–H and O–H groups in total. The van der Waals surface area contributed by atoms with Crippen LogP contribution >= 0.6 is 0 Å². The van der Waals surface area contributed by atoms with E-state index in [9.17, 15) is 4.39 Å². The number of halogens is 1. The lowest BCUT2D eigenvalue weighted by Crippen LogP contribution is -2.39. The Kier molecular flexibility index (Phi) is 1.46. The van der Waals surface area contributed by atoms with Crippen LogP contribution in [-0.4, -0.2) is 5.67 Å². The molecule has 4 saturated carbocycles. The van der Waals surface area contributed by atoms with Crippen LogP contribution in [0.2, 0.25) is 0 Å². The first-order valence-electron chi connectivity index (χ1n) is 6.78. The second-order valence-electron chi connectivity index (χ2n) is 7.00. The molecule has 8 atom stereocenters. The van der Waals surface area contributed by atoms with E-state index >= 15 is 0 Å². The van der Waals surface area contributed by atoms with Crippen LogP contribution in [-0.2, 0) is 0 Å². The van der Waals surface area contributed by atoms with Crippen LogP contribution in [0.1, 0.15) is 39.5 Å². The Balaban J connectivity index is 1.75. The number of fused-ring (bicyclic) bond motifs is 9. The van der Waals surface area contributed by atoms with Crippen molar-refractivity contribution in [3.63, 3.8) is 0 Å². The van der Waals surface area contributed by atoms with Crippen LogP contribution in [0.25, 0.3) is 0 Å². The van der Waals surface area contributed by atoms with Crippen molar-refractivity contribution in [2.45, 2.75) is 45.2 Å². The molecule has 0 aromatic rings. The lowest BCUT2D eigenvalue weighted by atomic mass is 9.67. The predicted octanol–water partition coefficient (Wildman–Crippen LogP) is 3.66. The van der Waals surface area contributed by atoms with Crippen molar-refractivity contribution in [2.75, 3.05) is 0 Å². The zero-order valence-electron chi connectivity index (χ0n) is 9.75. The molecule has 1 heteroatoms. The van der Waals surface area contributed by atoms with Gasteiger partial charge in [-0.2, -0.15) is 0 Å². The molecule has 4 rings (SSSR count). The van der Waals surface area contributed by atoms with Crippen LogP contribution < -0.4 is 0 Å². The second kappa shape index (κ2) is 2.43. The minimum atomic E-state index is -0.809. The van der Waals surface area contributed by atoms with E-state index in [1.807, 2.05) is 6.92 Å². The van der Waals surface area contributed by atoms with Crippen LogP contribution in [0.4, 0.5) is 4.39 Å². The standard InChI is InChI=1S/C14H21F/c1-7-9-3-4-10(7)13-11-5-8(12(9)13)6-14(11,2)15/h7-13H,3-6H2,1-2H3. The molecule has 4 aliphatic rings. The van der Waals surface area contributed by atoms with Gasteiger partial charge in [0.25, 0.3) is 0 Å². The highest BCUT2D eigenvalue weighted by molar-refractivity contribution is 5.16. The average Bonchev–Trinajstić information content (AvgIpc) is 2.83. The van der Waals surface area contributed by atoms with Crippen LogP contribution in [0.15, 0.2) is 0 Å². The fraction of sp³-hybridized carbons (Fsp3) is 1.00. The summed E-state index contributed by atoms with van der Waals surface area (Å²) >= 11 is 0. The van der Waals surface area contributed by atoms with Gasteiger partial charge in [-0.05, 0) is 74.0 Å². The van der Waals surface area contributed by atoms with Crippen molar-refractivity contribution in [2.24, 2.45) is 41.4 Å². The summed E-state index contributed by atoms with van der Waals surface area (Å²) in [6, 6.07) is 0. The maximum Gasteiger partial charge on any atom is 0.111 e. The van der Waals surface area contributed by atoms with Gasteiger partial charge < -0.3 is 0 Å². The summed E-state index contributed by atoms with van der Waals surface area (Å²) in [5, 5.41) is 0. The first-order chi connectivity index (χ1) is 7.09. The highest BCUT2D eigenvalue weighted by atomic mass is 19.1. The summed E-state index contributed by atoms with van der Waals surface area (Å²) < 4.78 is 14.4. The van der Waals surface area contributed by atoms with Gasteiger partial charge in [-0.1, -0.05) is 6.92 Å². The van der Waals surface area contributed by atoms with Gasteiger partial charge >= 0.3 is 0 Å². The Morgan fingerprint density at radius 2 is 1.80 bits per heavy atom. The van der Waals surface area contributed by atoms with Gasteiger partial charge in [-0.25, -0.2) is 4.39 Å². The van der Waals surface area contributed by atoms with Crippen LogP contribution in [0, 0.1) is 41.4 Å².